The van der Waals surface area contributed by atoms with E-state index in [1.165, 1.54) is 13.8 Å². The maximum Gasteiger partial charge on any atom is 0.243 e. The molecule has 1 aliphatic rings. The van der Waals surface area contributed by atoms with Crippen molar-refractivity contribution < 1.29 is 33.9 Å². The van der Waals surface area contributed by atoms with E-state index in [2.05, 4.69) is 52.3 Å². The van der Waals surface area contributed by atoms with Gasteiger partial charge in [0.25, 0.3) is 0 Å². The Kier molecular flexibility index (Phi) is 20.4. The van der Waals surface area contributed by atoms with E-state index in [1.807, 2.05) is 48.5 Å². The Morgan fingerprint density at radius 1 is 0.672 bits per heavy atom. The smallest absolute Gasteiger partial charge is 0.243 e. The second-order valence-corrected chi connectivity index (χ2v) is 15.8. The number of hydrogen-bond donors (Lipinski definition) is 7. The zero-order valence-corrected chi connectivity index (χ0v) is 35.0. The summed E-state index contributed by atoms with van der Waals surface area (Å²) in [5.74, 6) is -3.80. The molecule has 0 aliphatic heterocycles. The lowest BCUT2D eigenvalue weighted by Gasteiger charge is -2.27. The van der Waals surface area contributed by atoms with Crippen molar-refractivity contribution in [2.45, 2.75) is 148 Å². The molecule has 2 aromatic rings. The van der Waals surface area contributed by atoms with Gasteiger partial charge in [-0.25, -0.2) is 0 Å². The van der Waals surface area contributed by atoms with E-state index in [-0.39, 0.29) is 31.1 Å². The largest absolute Gasteiger partial charge is 0.391 e. The topological polar surface area (TPSA) is 212 Å². The molecule has 6 atom stereocenters. The standard InChI is InChI=1S/C44H67N7O7/c1-6-51(29(2)3)26-18-10-17-25-35(42(56)50-38(31(5)52)39(45)53)47-44(58)37(28-33-21-13-8-14-22-33)48-40(54)30(4)46-43(57)36(27-32-19-11-7-12-20-32)49-41(55)34-23-15-9-16-24-34/h7-8,11-14,19-22,29-31,34-38,52H,6,9-10,15-18,23-28H2,1-5H3,(H2,45,53)(H,46,57)(H,47,58)(H,48,54)(H,49,55)(H,50,56)/t30-,31+,35-,36-,37-,38?/m0/s1. The van der Waals surface area contributed by atoms with Crippen LogP contribution in [0.2, 0.25) is 0 Å². The normalized spacial score (nSPS) is 16.3. The first-order chi connectivity index (χ1) is 27.7. The number of benzene rings is 2. The number of aliphatic hydroxyl groups excluding tert-OH is 1. The number of nitrogens with one attached hydrogen (secondary N) is 5. The molecule has 0 aromatic heterocycles. The molecule has 0 radical (unpaired) electrons. The van der Waals surface area contributed by atoms with Crippen molar-refractivity contribution in [1.29, 1.82) is 0 Å². The highest BCUT2D eigenvalue weighted by atomic mass is 16.3. The molecular weight excluding hydrogens is 739 g/mol. The van der Waals surface area contributed by atoms with E-state index in [9.17, 15) is 33.9 Å². The van der Waals surface area contributed by atoms with Gasteiger partial charge in [-0.2, -0.15) is 0 Å². The van der Waals surface area contributed by atoms with Gasteiger partial charge in [-0.3, -0.25) is 28.8 Å². The monoisotopic (exact) mass is 806 g/mol. The average molecular weight is 806 g/mol. The highest BCUT2D eigenvalue weighted by Crippen LogP contribution is 2.24. The summed E-state index contributed by atoms with van der Waals surface area (Å²) in [4.78, 5) is 82.8. The fourth-order valence-electron chi connectivity index (χ4n) is 7.29. The quantitative estimate of drug-likeness (QED) is 0.0783. The summed E-state index contributed by atoms with van der Waals surface area (Å²) in [6, 6.07) is 13.1. The molecule has 0 spiro atoms. The van der Waals surface area contributed by atoms with Crippen LogP contribution in [0.1, 0.15) is 104 Å². The molecule has 14 heteroatoms. The number of nitrogens with zero attached hydrogens (tertiary/aromatic N) is 1. The van der Waals surface area contributed by atoms with E-state index in [1.54, 1.807) is 12.1 Å². The van der Waals surface area contributed by atoms with Crippen LogP contribution in [0.4, 0.5) is 0 Å². The number of unbranched alkanes of at least 4 members (excludes halogenated alkanes) is 2. The minimum Gasteiger partial charge on any atom is -0.391 e. The SMILES string of the molecule is CCN(CCCCC[C@H](NC(=O)[C@H](Cc1ccccc1)NC(=O)[C@H](C)NC(=O)[C@H](Cc1ccccc1)NC(=O)C1CCCCC1)C(=O)NC(C(N)=O)[C@@H](C)O)C(C)C. The van der Waals surface area contributed by atoms with Gasteiger partial charge in [-0.05, 0) is 77.6 Å². The summed E-state index contributed by atoms with van der Waals surface area (Å²) in [5.41, 5.74) is 7.04. The van der Waals surface area contributed by atoms with Crippen LogP contribution in [-0.4, -0.2) is 101 Å². The summed E-state index contributed by atoms with van der Waals surface area (Å²) in [6.45, 7) is 11.0. The minimum atomic E-state index is -1.38. The lowest BCUT2D eigenvalue weighted by Crippen LogP contribution is -2.60. The van der Waals surface area contributed by atoms with Gasteiger partial charge in [0.05, 0.1) is 6.10 Å². The van der Waals surface area contributed by atoms with E-state index in [0.29, 0.717) is 12.5 Å². The number of primary amides is 1. The molecule has 320 valence electrons. The van der Waals surface area contributed by atoms with E-state index < -0.39 is 65.8 Å². The van der Waals surface area contributed by atoms with Gasteiger partial charge >= 0.3 is 0 Å². The lowest BCUT2D eigenvalue weighted by molar-refractivity contribution is -0.135. The third-order valence-electron chi connectivity index (χ3n) is 10.9. The fraction of sp³-hybridized carbons (Fsp3) is 0.591. The zero-order valence-electron chi connectivity index (χ0n) is 35.0. The highest BCUT2D eigenvalue weighted by Gasteiger charge is 2.33. The highest BCUT2D eigenvalue weighted by molar-refractivity contribution is 5.96. The maximum atomic E-state index is 14.1. The van der Waals surface area contributed by atoms with Crippen LogP contribution in [0.5, 0.6) is 0 Å². The van der Waals surface area contributed by atoms with Crippen molar-refractivity contribution in [2.75, 3.05) is 13.1 Å². The van der Waals surface area contributed by atoms with Crippen LogP contribution in [0.15, 0.2) is 60.7 Å². The molecule has 6 amide bonds. The summed E-state index contributed by atoms with van der Waals surface area (Å²) in [6.07, 6.45) is 5.99. The molecular formula is C44H67N7O7. The molecule has 58 heavy (non-hydrogen) atoms. The molecule has 1 fully saturated rings. The first kappa shape index (κ1) is 47.6. The summed E-state index contributed by atoms with van der Waals surface area (Å²) in [5, 5.41) is 23.9. The third kappa shape index (κ3) is 16.2. The summed E-state index contributed by atoms with van der Waals surface area (Å²) >= 11 is 0. The zero-order chi connectivity index (χ0) is 42.6. The van der Waals surface area contributed by atoms with Crippen molar-refractivity contribution in [3.8, 4) is 0 Å². The van der Waals surface area contributed by atoms with Crippen molar-refractivity contribution >= 4 is 35.4 Å². The molecule has 2 aromatic carbocycles. The molecule has 14 nitrogen and oxygen atoms in total. The molecule has 1 unspecified atom stereocenters. The Morgan fingerprint density at radius 2 is 1.19 bits per heavy atom. The molecule has 3 rings (SSSR count). The van der Waals surface area contributed by atoms with Gasteiger partial charge in [-0.15, -0.1) is 0 Å². The van der Waals surface area contributed by atoms with Crippen LogP contribution < -0.4 is 32.3 Å². The van der Waals surface area contributed by atoms with Crippen LogP contribution in [0.25, 0.3) is 0 Å². The molecule has 8 N–H and O–H groups in total. The van der Waals surface area contributed by atoms with Crippen LogP contribution in [-0.2, 0) is 41.6 Å². The van der Waals surface area contributed by atoms with E-state index in [4.69, 9.17) is 5.73 Å². The van der Waals surface area contributed by atoms with Gasteiger partial charge in [0.1, 0.15) is 30.2 Å². The van der Waals surface area contributed by atoms with Gasteiger partial charge in [-0.1, -0.05) is 99.7 Å². The van der Waals surface area contributed by atoms with Crippen molar-refractivity contribution in [1.82, 2.24) is 31.5 Å². The van der Waals surface area contributed by atoms with Crippen molar-refractivity contribution in [2.24, 2.45) is 11.7 Å². The van der Waals surface area contributed by atoms with Gasteiger partial charge < -0.3 is 42.3 Å². The van der Waals surface area contributed by atoms with Crippen molar-refractivity contribution in [3.63, 3.8) is 0 Å². The third-order valence-corrected chi connectivity index (χ3v) is 10.9. The first-order valence-corrected chi connectivity index (χ1v) is 21.0. The number of amides is 6. The number of hydrogen-bond acceptors (Lipinski definition) is 8. The van der Waals surface area contributed by atoms with Gasteiger partial charge in [0.2, 0.25) is 35.4 Å². The molecule has 0 heterocycles. The number of rotatable bonds is 24. The number of carbonyl (C=O) groups is 6. The summed E-state index contributed by atoms with van der Waals surface area (Å²) in [7, 11) is 0. The molecule has 1 aliphatic carbocycles. The summed E-state index contributed by atoms with van der Waals surface area (Å²) < 4.78 is 0. The van der Waals surface area contributed by atoms with E-state index in [0.717, 1.165) is 69.2 Å². The maximum absolute atomic E-state index is 14.1. The molecule has 0 bridgehead atoms. The fourth-order valence-corrected chi connectivity index (χ4v) is 7.29. The van der Waals surface area contributed by atoms with E-state index >= 15 is 0 Å². The predicted octanol–water partition coefficient (Wildman–Crippen LogP) is 2.65. The predicted molar refractivity (Wildman–Crippen MR) is 224 cm³/mol. The number of aliphatic hydroxyl groups is 1. The Bertz CT molecular complexity index is 1600. The van der Waals surface area contributed by atoms with Crippen LogP contribution in [0.3, 0.4) is 0 Å². The Morgan fingerprint density at radius 3 is 1.71 bits per heavy atom. The second kappa shape index (κ2) is 24.8. The lowest BCUT2D eigenvalue weighted by atomic mass is 9.88. The molecule has 1 saturated carbocycles. The van der Waals surface area contributed by atoms with Crippen LogP contribution >= 0.6 is 0 Å². The number of carbonyl (C=O) groups excluding carboxylic acids is 6. The molecule has 0 saturated heterocycles. The first-order valence-electron chi connectivity index (χ1n) is 21.0. The van der Waals surface area contributed by atoms with Gasteiger partial charge in [0, 0.05) is 24.8 Å². The van der Waals surface area contributed by atoms with Crippen molar-refractivity contribution in [3.05, 3.63) is 71.8 Å². The number of nitrogens with two attached hydrogens (primary N) is 1. The Balaban J connectivity index is 1.78. The van der Waals surface area contributed by atoms with Crippen LogP contribution in [0, 0.1) is 5.92 Å². The van der Waals surface area contributed by atoms with Gasteiger partial charge in [0.15, 0.2) is 0 Å². The Labute approximate surface area is 344 Å². The minimum absolute atomic E-state index is 0.0706. The second-order valence-electron chi connectivity index (χ2n) is 15.8. The average Bonchev–Trinajstić information content (AvgIpc) is 3.20. The Hall–Kier alpha value is -4.82.